The lowest BCUT2D eigenvalue weighted by Crippen LogP contribution is -2.06. The molecule has 1 aromatic rings. The first kappa shape index (κ1) is 11.7. The van der Waals surface area contributed by atoms with E-state index in [2.05, 4.69) is 15.9 Å². The zero-order chi connectivity index (χ0) is 11.6. The van der Waals surface area contributed by atoms with Crippen molar-refractivity contribution in [2.75, 3.05) is 5.33 Å². The van der Waals surface area contributed by atoms with E-state index < -0.39 is 33.6 Å². The molecular weight excluding hydrogens is 276 g/mol. The Hall–Kier alpha value is -1.37. The molecule has 0 unspecified atom stereocenters. The largest absolute Gasteiger partial charge is 0.293 e. The van der Waals surface area contributed by atoms with E-state index in [1.54, 1.807) is 0 Å². The van der Waals surface area contributed by atoms with Crippen molar-refractivity contribution < 1.29 is 18.5 Å². The van der Waals surface area contributed by atoms with Gasteiger partial charge in [-0.05, 0) is 6.07 Å². The van der Waals surface area contributed by atoms with Gasteiger partial charge in [0.1, 0.15) is 0 Å². The maximum absolute atomic E-state index is 12.8. The molecular formula is C8H4BrF2NO3. The Labute approximate surface area is 91.2 Å². The van der Waals surface area contributed by atoms with Crippen LogP contribution in [0, 0.1) is 21.7 Å². The Morgan fingerprint density at radius 1 is 1.40 bits per heavy atom. The highest BCUT2D eigenvalue weighted by Crippen LogP contribution is 2.23. The normalized spacial score (nSPS) is 10.1. The van der Waals surface area contributed by atoms with Crippen LogP contribution in [0.15, 0.2) is 12.1 Å². The summed E-state index contributed by atoms with van der Waals surface area (Å²) in [5.41, 5.74) is -1.19. The van der Waals surface area contributed by atoms with E-state index in [0.29, 0.717) is 12.1 Å². The zero-order valence-corrected chi connectivity index (χ0v) is 8.75. The summed E-state index contributed by atoms with van der Waals surface area (Å²) in [5.74, 6) is -3.32. The van der Waals surface area contributed by atoms with Crippen LogP contribution in [0.2, 0.25) is 0 Å². The van der Waals surface area contributed by atoms with Crippen molar-refractivity contribution >= 4 is 27.4 Å². The van der Waals surface area contributed by atoms with Crippen LogP contribution in [-0.4, -0.2) is 16.0 Å². The van der Waals surface area contributed by atoms with Crippen molar-refractivity contribution in [3.63, 3.8) is 0 Å². The molecule has 0 amide bonds. The fraction of sp³-hybridized carbons (Fsp3) is 0.125. The van der Waals surface area contributed by atoms with Gasteiger partial charge < -0.3 is 0 Å². The molecule has 0 fully saturated rings. The monoisotopic (exact) mass is 279 g/mol. The van der Waals surface area contributed by atoms with Crippen LogP contribution < -0.4 is 0 Å². The second-order valence-corrected chi connectivity index (χ2v) is 3.16. The SMILES string of the molecule is O=C(CBr)c1cc(F)c(F)cc1[N+](=O)[O-]. The van der Waals surface area contributed by atoms with Crippen molar-refractivity contribution in [1.82, 2.24) is 0 Å². The first-order valence-corrected chi connectivity index (χ1v) is 4.82. The summed E-state index contributed by atoms with van der Waals surface area (Å²) in [7, 11) is 0. The van der Waals surface area contributed by atoms with E-state index >= 15 is 0 Å². The van der Waals surface area contributed by atoms with Crippen molar-refractivity contribution in [2.45, 2.75) is 0 Å². The first-order valence-electron chi connectivity index (χ1n) is 3.70. The van der Waals surface area contributed by atoms with Crippen LogP contribution in [0.25, 0.3) is 0 Å². The minimum absolute atomic E-state index is 0.196. The quantitative estimate of drug-likeness (QED) is 0.370. The third-order valence-electron chi connectivity index (χ3n) is 1.66. The molecule has 80 valence electrons. The van der Waals surface area contributed by atoms with E-state index in [1.807, 2.05) is 0 Å². The number of rotatable bonds is 3. The van der Waals surface area contributed by atoms with Crippen molar-refractivity contribution in [3.05, 3.63) is 39.4 Å². The highest BCUT2D eigenvalue weighted by molar-refractivity contribution is 9.09. The summed E-state index contributed by atoms with van der Waals surface area (Å²) >= 11 is 2.79. The van der Waals surface area contributed by atoms with Crippen molar-refractivity contribution in [3.8, 4) is 0 Å². The van der Waals surface area contributed by atoms with Crippen LogP contribution in [0.1, 0.15) is 10.4 Å². The number of ketones is 1. The molecule has 15 heavy (non-hydrogen) atoms. The number of alkyl halides is 1. The topological polar surface area (TPSA) is 60.2 Å². The van der Waals surface area contributed by atoms with Gasteiger partial charge in [0.05, 0.1) is 21.9 Å². The highest BCUT2D eigenvalue weighted by atomic mass is 79.9. The minimum Gasteiger partial charge on any atom is -0.293 e. The number of hydrogen-bond donors (Lipinski definition) is 0. The van der Waals surface area contributed by atoms with Gasteiger partial charge in [-0.3, -0.25) is 14.9 Å². The molecule has 0 aliphatic carbocycles. The van der Waals surface area contributed by atoms with Gasteiger partial charge in [0.15, 0.2) is 17.4 Å². The van der Waals surface area contributed by atoms with Crippen molar-refractivity contribution in [1.29, 1.82) is 0 Å². The lowest BCUT2D eigenvalue weighted by Gasteiger charge is -2.00. The van der Waals surface area contributed by atoms with Gasteiger partial charge in [0, 0.05) is 0 Å². The van der Waals surface area contributed by atoms with Crippen LogP contribution in [0.3, 0.4) is 0 Å². The van der Waals surface area contributed by atoms with Crippen LogP contribution >= 0.6 is 15.9 Å². The number of halogens is 3. The van der Waals surface area contributed by atoms with E-state index in [4.69, 9.17) is 0 Å². The molecule has 0 aliphatic rings. The maximum atomic E-state index is 12.8. The molecule has 0 aliphatic heterocycles. The summed E-state index contributed by atoms with van der Waals surface area (Å²) in [4.78, 5) is 20.7. The predicted molar refractivity (Wildman–Crippen MR) is 51.1 cm³/mol. The molecule has 0 radical (unpaired) electrons. The van der Waals surface area contributed by atoms with Gasteiger partial charge in [0.25, 0.3) is 5.69 Å². The molecule has 0 aromatic heterocycles. The van der Waals surface area contributed by atoms with Crippen LogP contribution in [-0.2, 0) is 0 Å². The third-order valence-corrected chi connectivity index (χ3v) is 2.17. The fourth-order valence-corrected chi connectivity index (χ4v) is 1.28. The van der Waals surface area contributed by atoms with Gasteiger partial charge in [0.2, 0.25) is 0 Å². The smallest absolute Gasteiger partial charge is 0.283 e. The van der Waals surface area contributed by atoms with Crippen molar-refractivity contribution in [2.24, 2.45) is 0 Å². The zero-order valence-electron chi connectivity index (χ0n) is 7.17. The van der Waals surface area contributed by atoms with Gasteiger partial charge >= 0.3 is 0 Å². The summed E-state index contributed by atoms with van der Waals surface area (Å²) in [6.07, 6.45) is 0. The Morgan fingerprint density at radius 2 is 1.93 bits per heavy atom. The Balaban J connectivity index is 3.41. The van der Waals surface area contributed by atoms with Gasteiger partial charge in [-0.1, -0.05) is 15.9 Å². The molecule has 0 spiro atoms. The second kappa shape index (κ2) is 4.43. The molecule has 0 N–H and O–H groups in total. The van der Waals surface area contributed by atoms with Gasteiger partial charge in [-0.15, -0.1) is 0 Å². The van der Waals surface area contributed by atoms with E-state index in [9.17, 15) is 23.7 Å². The van der Waals surface area contributed by atoms with E-state index in [0.717, 1.165) is 0 Å². The molecule has 1 rings (SSSR count). The Bertz CT molecular complexity index is 436. The number of carbonyl (C=O) groups excluding carboxylic acids is 1. The lowest BCUT2D eigenvalue weighted by molar-refractivity contribution is -0.385. The number of nitro benzene ring substituents is 1. The molecule has 0 heterocycles. The average Bonchev–Trinajstić information content (AvgIpc) is 2.20. The number of carbonyl (C=O) groups is 1. The summed E-state index contributed by atoms with van der Waals surface area (Å²) in [6, 6.07) is 0.919. The molecule has 4 nitrogen and oxygen atoms in total. The average molecular weight is 280 g/mol. The standard InChI is InChI=1S/C8H4BrF2NO3/c9-3-8(13)4-1-5(10)6(11)2-7(4)12(14)15/h1-2H,3H2. The van der Waals surface area contributed by atoms with Crippen LogP contribution in [0.5, 0.6) is 0 Å². The molecule has 0 saturated carbocycles. The molecule has 0 bridgehead atoms. The molecule has 0 atom stereocenters. The number of benzene rings is 1. The third kappa shape index (κ3) is 2.35. The number of nitrogens with zero attached hydrogens (tertiary/aromatic N) is 1. The van der Waals surface area contributed by atoms with Gasteiger partial charge in [-0.2, -0.15) is 0 Å². The minimum atomic E-state index is -1.35. The highest BCUT2D eigenvalue weighted by Gasteiger charge is 2.22. The van der Waals surface area contributed by atoms with E-state index in [1.165, 1.54) is 0 Å². The Morgan fingerprint density at radius 3 is 2.40 bits per heavy atom. The lowest BCUT2D eigenvalue weighted by atomic mass is 10.1. The summed E-state index contributed by atoms with van der Waals surface area (Å²) < 4.78 is 25.4. The maximum Gasteiger partial charge on any atom is 0.283 e. The first-order chi connectivity index (χ1) is 6.97. The number of nitro groups is 1. The van der Waals surface area contributed by atoms with Gasteiger partial charge in [-0.25, -0.2) is 8.78 Å². The number of Topliss-reactive ketones (excluding diaryl/α,β-unsaturated/α-hetero) is 1. The van der Waals surface area contributed by atoms with Crippen LogP contribution in [0.4, 0.5) is 14.5 Å². The molecule has 7 heteroatoms. The summed E-state index contributed by atoms with van der Waals surface area (Å²) in [6.45, 7) is 0. The fourth-order valence-electron chi connectivity index (χ4n) is 0.983. The number of hydrogen-bond acceptors (Lipinski definition) is 3. The second-order valence-electron chi connectivity index (χ2n) is 2.60. The Kier molecular flexibility index (Phi) is 3.46. The summed E-state index contributed by atoms with van der Waals surface area (Å²) in [5, 5.41) is 10.3. The molecule has 0 saturated heterocycles. The predicted octanol–water partition coefficient (Wildman–Crippen LogP) is 2.45. The van der Waals surface area contributed by atoms with E-state index in [-0.39, 0.29) is 5.33 Å². The molecule has 1 aromatic carbocycles.